The van der Waals surface area contributed by atoms with Crippen molar-refractivity contribution in [3.05, 3.63) is 41.7 Å². The Kier molecular flexibility index (Phi) is 6.31. The molecular weight excluding hydrogens is 341 g/mol. The Morgan fingerprint density at radius 3 is 2.52 bits per heavy atom. The molecule has 0 heterocycles. The van der Waals surface area contributed by atoms with Gasteiger partial charge in [-0.2, -0.15) is 5.26 Å². The van der Waals surface area contributed by atoms with E-state index in [1.54, 1.807) is 6.07 Å². The van der Waals surface area contributed by atoms with Crippen LogP contribution in [-0.2, 0) is 4.79 Å². The molecule has 3 nitrogen and oxygen atoms in total. The van der Waals surface area contributed by atoms with Gasteiger partial charge in [0.2, 0.25) is 0 Å². The number of carbonyl (C=O) groups excluding carboxylic acids is 1. The number of carbonyl (C=O) groups is 1. The monoisotopic (exact) mass is 369 g/mol. The number of allylic oxidation sites excluding steroid dienone is 2. The molecule has 2 fully saturated rings. The van der Waals surface area contributed by atoms with Gasteiger partial charge in [-0.1, -0.05) is 31.4 Å². The summed E-state index contributed by atoms with van der Waals surface area (Å²) in [4.78, 5) is 13.2. The van der Waals surface area contributed by atoms with Crippen molar-refractivity contribution in [2.75, 3.05) is 0 Å². The summed E-state index contributed by atoms with van der Waals surface area (Å²) in [5, 5.41) is 8.86. The number of nitriles is 1. The number of esters is 1. The molecule has 2 saturated carbocycles. The summed E-state index contributed by atoms with van der Waals surface area (Å²) in [6.07, 6.45) is 13.7. The van der Waals surface area contributed by atoms with Crippen molar-refractivity contribution in [2.24, 2.45) is 17.3 Å². The molecule has 0 amide bonds. The van der Waals surface area contributed by atoms with Gasteiger partial charge in [-0.05, 0) is 69.4 Å². The second kappa shape index (κ2) is 8.69. The first-order valence-electron chi connectivity index (χ1n) is 10.1. The number of nitrogens with zero attached hydrogens (tertiary/aromatic N) is 1. The number of hydrogen-bond donors (Lipinski definition) is 0. The molecule has 1 aromatic rings. The second-order valence-electron chi connectivity index (χ2n) is 8.00. The highest BCUT2D eigenvalue weighted by molar-refractivity contribution is 5.79. The standard InChI is InChI=1S/C23H28FNO2/c1-2-6-17-7-10-19(11-8-17)23(13-4-3-5-14-23)22(26)27-20-12-9-18(16-25)21(24)15-20/h2,6,9,12,15,17,19H,3-5,7-8,10-11,13-14H2,1H3/b6-2+. The van der Waals surface area contributed by atoms with Crippen LogP contribution < -0.4 is 4.74 Å². The largest absolute Gasteiger partial charge is 0.426 e. The van der Waals surface area contributed by atoms with Gasteiger partial charge in [0.15, 0.2) is 0 Å². The molecule has 27 heavy (non-hydrogen) atoms. The quantitative estimate of drug-likeness (QED) is 0.375. The highest BCUT2D eigenvalue weighted by Crippen LogP contribution is 2.50. The Bertz CT molecular complexity index is 735. The predicted molar refractivity (Wildman–Crippen MR) is 103 cm³/mol. The molecule has 144 valence electrons. The van der Waals surface area contributed by atoms with E-state index in [4.69, 9.17) is 10.00 Å². The normalized spacial score (nSPS) is 25.1. The first-order valence-corrected chi connectivity index (χ1v) is 10.1. The van der Waals surface area contributed by atoms with Crippen LogP contribution in [0.3, 0.4) is 0 Å². The van der Waals surface area contributed by atoms with Crippen LogP contribution in [0.15, 0.2) is 30.4 Å². The van der Waals surface area contributed by atoms with Gasteiger partial charge in [-0.25, -0.2) is 4.39 Å². The molecule has 0 unspecified atom stereocenters. The third-order valence-electron chi connectivity index (χ3n) is 6.44. The van der Waals surface area contributed by atoms with E-state index >= 15 is 0 Å². The van der Waals surface area contributed by atoms with Crippen molar-refractivity contribution in [3.63, 3.8) is 0 Å². The molecular formula is C23H28FNO2. The zero-order valence-electron chi connectivity index (χ0n) is 16.0. The Balaban J connectivity index is 1.77. The maximum Gasteiger partial charge on any atom is 0.317 e. The summed E-state index contributed by atoms with van der Waals surface area (Å²) in [7, 11) is 0. The third kappa shape index (κ3) is 4.24. The van der Waals surface area contributed by atoms with Crippen molar-refractivity contribution in [1.82, 2.24) is 0 Å². The van der Waals surface area contributed by atoms with Crippen molar-refractivity contribution >= 4 is 5.97 Å². The SMILES string of the molecule is C/C=C/C1CCC(C2(C(=O)Oc3ccc(C#N)c(F)c3)CCCCC2)CC1. The van der Waals surface area contributed by atoms with Crippen LogP contribution >= 0.6 is 0 Å². The van der Waals surface area contributed by atoms with Crippen molar-refractivity contribution in [2.45, 2.75) is 64.7 Å². The molecule has 0 atom stereocenters. The van der Waals surface area contributed by atoms with Crippen LogP contribution in [0.25, 0.3) is 0 Å². The highest BCUT2D eigenvalue weighted by Gasteiger charge is 2.48. The number of hydrogen-bond acceptors (Lipinski definition) is 3. The summed E-state index contributed by atoms with van der Waals surface area (Å²) in [5.41, 5.74) is -0.478. The van der Waals surface area contributed by atoms with Gasteiger partial charge < -0.3 is 4.74 Å². The van der Waals surface area contributed by atoms with Crippen molar-refractivity contribution in [3.8, 4) is 11.8 Å². The van der Waals surface area contributed by atoms with Crippen LogP contribution in [0.1, 0.15) is 70.3 Å². The molecule has 0 N–H and O–H groups in total. The van der Waals surface area contributed by atoms with E-state index in [1.165, 1.54) is 12.1 Å². The molecule has 0 spiro atoms. The van der Waals surface area contributed by atoms with E-state index in [2.05, 4.69) is 19.1 Å². The van der Waals surface area contributed by atoms with Crippen molar-refractivity contribution in [1.29, 1.82) is 5.26 Å². The first-order chi connectivity index (χ1) is 13.1. The minimum Gasteiger partial charge on any atom is -0.426 e. The zero-order chi connectivity index (χ0) is 19.3. The average Bonchev–Trinajstić information content (AvgIpc) is 2.69. The lowest BCUT2D eigenvalue weighted by molar-refractivity contribution is -0.153. The molecule has 2 aliphatic rings. The van der Waals surface area contributed by atoms with Gasteiger partial charge in [-0.15, -0.1) is 0 Å². The van der Waals surface area contributed by atoms with Crippen LogP contribution in [0.4, 0.5) is 4.39 Å². The Hall–Kier alpha value is -2.15. The number of halogens is 1. The second-order valence-corrected chi connectivity index (χ2v) is 8.00. The molecule has 0 aliphatic heterocycles. The molecule has 4 heteroatoms. The Labute approximate surface area is 161 Å². The average molecular weight is 369 g/mol. The highest BCUT2D eigenvalue weighted by atomic mass is 19.1. The summed E-state index contributed by atoms with van der Waals surface area (Å²) >= 11 is 0. The Morgan fingerprint density at radius 2 is 1.93 bits per heavy atom. The lowest BCUT2D eigenvalue weighted by atomic mass is 9.60. The van der Waals surface area contributed by atoms with Crippen LogP contribution in [-0.4, -0.2) is 5.97 Å². The zero-order valence-corrected chi connectivity index (χ0v) is 16.0. The summed E-state index contributed by atoms with van der Waals surface area (Å²) < 4.78 is 19.6. The van der Waals surface area contributed by atoms with E-state index in [1.807, 2.05) is 0 Å². The first kappa shape index (κ1) is 19.6. The van der Waals surface area contributed by atoms with E-state index in [-0.39, 0.29) is 17.3 Å². The van der Waals surface area contributed by atoms with Crippen molar-refractivity contribution < 1.29 is 13.9 Å². The third-order valence-corrected chi connectivity index (χ3v) is 6.44. The number of ether oxygens (including phenoxy) is 1. The maximum absolute atomic E-state index is 13.9. The lowest BCUT2D eigenvalue weighted by Gasteiger charge is -2.44. The molecule has 2 aliphatic carbocycles. The van der Waals surface area contributed by atoms with E-state index in [9.17, 15) is 9.18 Å². The van der Waals surface area contributed by atoms with Gasteiger partial charge in [-0.3, -0.25) is 4.79 Å². The molecule has 0 radical (unpaired) electrons. The van der Waals surface area contributed by atoms with Gasteiger partial charge >= 0.3 is 5.97 Å². The van der Waals surface area contributed by atoms with Crippen LogP contribution in [0.5, 0.6) is 5.75 Å². The Morgan fingerprint density at radius 1 is 1.22 bits per heavy atom. The van der Waals surface area contributed by atoms with E-state index < -0.39 is 11.2 Å². The van der Waals surface area contributed by atoms with Gasteiger partial charge in [0, 0.05) is 6.07 Å². The van der Waals surface area contributed by atoms with Gasteiger partial charge in [0.05, 0.1) is 11.0 Å². The van der Waals surface area contributed by atoms with Gasteiger partial charge in [0.1, 0.15) is 17.6 Å². The smallest absolute Gasteiger partial charge is 0.317 e. The number of benzene rings is 1. The minimum atomic E-state index is -0.646. The lowest BCUT2D eigenvalue weighted by Crippen LogP contribution is -2.44. The fourth-order valence-electron chi connectivity index (χ4n) is 4.96. The molecule has 3 rings (SSSR count). The fraction of sp³-hybridized carbons (Fsp3) is 0.565. The predicted octanol–water partition coefficient (Wildman–Crippen LogP) is 5.94. The summed E-state index contributed by atoms with van der Waals surface area (Å²) in [5.74, 6) is 0.308. The summed E-state index contributed by atoms with van der Waals surface area (Å²) in [6, 6.07) is 5.82. The van der Waals surface area contributed by atoms with Gasteiger partial charge in [0.25, 0.3) is 0 Å². The minimum absolute atomic E-state index is 0.0375. The molecule has 0 bridgehead atoms. The molecule has 0 aromatic heterocycles. The summed E-state index contributed by atoms with van der Waals surface area (Å²) in [6.45, 7) is 2.06. The van der Waals surface area contributed by atoms with E-state index in [0.29, 0.717) is 11.8 Å². The molecule has 1 aromatic carbocycles. The van der Waals surface area contributed by atoms with Crippen LogP contribution in [0.2, 0.25) is 0 Å². The maximum atomic E-state index is 13.9. The topological polar surface area (TPSA) is 50.1 Å². The fourth-order valence-corrected chi connectivity index (χ4v) is 4.96. The number of rotatable bonds is 4. The molecule has 0 saturated heterocycles. The van der Waals surface area contributed by atoms with Crippen LogP contribution in [0, 0.1) is 34.4 Å². The van der Waals surface area contributed by atoms with E-state index in [0.717, 1.165) is 63.9 Å².